The SMILES string of the molecule is CCCc1c(C)nc(NNCC(C)(C)C)nc1NC1CCC(F)(F)C1. The van der Waals surface area contributed by atoms with E-state index in [2.05, 4.69) is 53.8 Å². The highest BCUT2D eigenvalue weighted by atomic mass is 19.3. The Bertz CT molecular complexity index is 584. The molecule has 1 aliphatic carbocycles. The molecule has 1 heterocycles. The van der Waals surface area contributed by atoms with Gasteiger partial charge in [-0.05, 0) is 25.2 Å². The van der Waals surface area contributed by atoms with E-state index in [1.165, 1.54) is 0 Å². The van der Waals surface area contributed by atoms with E-state index < -0.39 is 5.92 Å². The molecule has 1 atom stereocenters. The van der Waals surface area contributed by atoms with Crippen LogP contribution in [0.3, 0.4) is 0 Å². The van der Waals surface area contributed by atoms with Crippen molar-refractivity contribution in [1.29, 1.82) is 0 Å². The number of aryl methyl sites for hydroxylation is 1. The molecule has 5 nitrogen and oxygen atoms in total. The Labute approximate surface area is 149 Å². The molecule has 1 aliphatic rings. The average molecular weight is 355 g/mol. The molecule has 0 spiro atoms. The standard InChI is InChI=1S/C18H31F2N5/c1-6-7-14-12(2)22-16(25-21-11-17(3,4)5)24-15(14)23-13-8-9-18(19,20)10-13/h13,21H,6-11H2,1-5H3,(H2,22,23,24,25). The number of hydrazine groups is 1. The Balaban J connectivity index is 2.14. The van der Waals surface area contributed by atoms with Crippen LogP contribution < -0.4 is 16.2 Å². The third-order valence-corrected chi connectivity index (χ3v) is 4.28. The van der Waals surface area contributed by atoms with Crippen LogP contribution in [0.4, 0.5) is 20.5 Å². The topological polar surface area (TPSA) is 61.9 Å². The molecule has 0 radical (unpaired) electrons. The van der Waals surface area contributed by atoms with Crippen molar-refractivity contribution in [3.63, 3.8) is 0 Å². The summed E-state index contributed by atoms with van der Waals surface area (Å²) in [6, 6.07) is -0.240. The molecular weight excluding hydrogens is 324 g/mol. The van der Waals surface area contributed by atoms with Gasteiger partial charge in [0.25, 0.3) is 0 Å². The largest absolute Gasteiger partial charge is 0.367 e. The lowest BCUT2D eigenvalue weighted by Gasteiger charge is -2.21. The summed E-state index contributed by atoms with van der Waals surface area (Å²) in [5, 5.41) is 3.24. The molecule has 1 aromatic heterocycles. The van der Waals surface area contributed by atoms with E-state index in [0.29, 0.717) is 18.2 Å². The molecule has 1 unspecified atom stereocenters. The molecule has 0 aromatic carbocycles. The Morgan fingerprint density at radius 2 is 1.96 bits per heavy atom. The number of aromatic nitrogens is 2. The highest BCUT2D eigenvalue weighted by molar-refractivity contribution is 5.51. The first-order chi connectivity index (χ1) is 11.6. The van der Waals surface area contributed by atoms with Gasteiger partial charge < -0.3 is 5.32 Å². The summed E-state index contributed by atoms with van der Waals surface area (Å²) in [6.07, 6.45) is 2.05. The van der Waals surface area contributed by atoms with Gasteiger partial charge in [-0.2, -0.15) is 4.98 Å². The van der Waals surface area contributed by atoms with Crippen molar-refractivity contribution in [2.24, 2.45) is 5.41 Å². The molecule has 1 aromatic rings. The first-order valence-electron chi connectivity index (χ1n) is 9.10. The van der Waals surface area contributed by atoms with Gasteiger partial charge in [0.2, 0.25) is 11.9 Å². The minimum absolute atomic E-state index is 0.0594. The summed E-state index contributed by atoms with van der Waals surface area (Å²) in [5.41, 5.74) is 8.18. The normalized spacial score (nSPS) is 19.9. The first kappa shape index (κ1) is 19.8. The highest BCUT2D eigenvalue weighted by Gasteiger charge is 2.39. The molecule has 7 heteroatoms. The van der Waals surface area contributed by atoms with Gasteiger partial charge >= 0.3 is 0 Å². The van der Waals surface area contributed by atoms with Crippen LogP contribution in [0.5, 0.6) is 0 Å². The quantitative estimate of drug-likeness (QED) is 0.637. The maximum Gasteiger partial charge on any atom is 0.250 e. The number of hydrogen-bond acceptors (Lipinski definition) is 5. The maximum atomic E-state index is 13.5. The van der Waals surface area contributed by atoms with Crippen molar-refractivity contribution in [1.82, 2.24) is 15.4 Å². The monoisotopic (exact) mass is 355 g/mol. The lowest BCUT2D eigenvalue weighted by Crippen LogP contribution is -2.32. The van der Waals surface area contributed by atoms with E-state index in [4.69, 9.17) is 0 Å². The number of rotatable bonds is 7. The zero-order valence-corrected chi connectivity index (χ0v) is 16.0. The highest BCUT2D eigenvalue weighted by Crippen LogP contribution is 2.36. The van der Waals surface area contributed by atoms with Crippen LogP contribution in [0.15, 0.2) is 0 Å². The fraction of sp³-hybridized carbons (Fsp3) is 0.778. The Morgan fingerprint density at radius 3 is 2.52 bits per heavy atom. The van der Waals surface area contributed by atoms with Crippen LogP contribution in [0.2, 0.25) is 0 Å². The maximum absolute atomic E-state index is 13.5. The van der Waals surface area contributed by atoms with Crippen molar-refractivity contribution >= 4 is 11.8 Å². The third kappa shape index (κ3) is 6.06. The van der Waals surface area contributed by atoms with E-state index in [1.54, 1.807) is 0 Å². The van der Waals surface area contributed by atoms with Crippen LogP contribution in [0.1, 0.15) is 64.6 Å². The van der Waals surface area contributed by atoms with E-state index in [9.17, 15) is 8.78 Å². The van der Waals surface area contributed by atoms with Gasteiger partial charge in [-0.1, -0.05) is 34.1 Å². The third-order valence-electron chi connectivity index (χ3n) is 4.28. The van der Waals surface area contributed by atoms with Crippen LogP contribution in [-0.4, -0.2) is 28.5 Å². The molecule has 1 saturated carbocycles. The zero-order valence-electron chi connectivity index (χ0n) is 16.0. The van der Waals surface area contributed by atoms with E-state index >= 15 is 0 Å². The minimum atomic E-state index is -2.57. The summed E-state index contributed by atoms with van der Waals surface area (Å²) in [4.78, 5) is 9.04. The van der Waals surface area contributed by atoms with Crippen molar-refractivity contribution < 1.29 is 8.78 Å². The smallest absolute Gasteiger partial charge is 0.250 e. The molecule has 0 bridgehead atoms. The van der Waals surface area contributed by atoms with Crippen molar-refractivity contribution in [3.05, 3.63) is 11.3 Å². The molecule has 1 fully saturated rings. The molecule has 142 valence electrons. The number of hydrogen-bond donors (Lipinski definition) is 3. The summed E-state index contributed by atoms with van der Waals surface area (Å²) in [7, 11) is 0. The number of alkyl halides is 2. The minimum Gasteiger partial charge on any atom is -0.367 e. The van der Waals surface area contributed by atoms with E-state index in [1.807, 2.05) is 6.92 Å². The summed E-state index contributed by atoms with van der Waals surface area (Å²) in [5.74, 6) is -1.43. The predicted molar refractivity (Wildman–Crippen MR) is 98.1 cm³/mol. The van der Waals surface area contributed by atoms with Gasteiger partial charge in [-0.25, -0.2) is 19.2 Å². The molecule has 3 N–H and O–H groups in total. The summed E-state index contributed by atoms with van der Waals surface area (Å²) in [6.45, 7) is 11.2. The van der Waals surface area contributed by atoms with Gasteiger partial charge in [0.1, 0.15) is 5.82 Å². The van der Waals surface area contributed by atoms with Gasteiger partial charge in [-0.15, -0.1) is 0 Å². The average Bonchev–Trinajstić information content (AvgIpc) is 2.80. The molecule has 0 aliphatic heterocycles. The predicted octanol–water partition coefficient (Wildman–Crippen LogP) is 4.30. The second-order valence-electron chi connectivity index (χ2n) is 8.19. The summed E-state index contributed by atoms with van der Waals surface area (Å²) >= 11 is 0. The summed E-state index contributed by atoms with van der Waals surface area (Å²) < 4.78 is 27.0. The fourth-order valence-corrected chi connectivity index (χ4v) is 2.98. The van der Waals surface area contributed by atoms with Crippen LogP contribution in [-0.2, 0) is 6.42 Å². The Morgan fingerprint density at radius 1 is 1.24 bits per heavy atom. The number of nitrogens with one attached hydrogen (secondary N) is 3. The van der Waals surface area contributed by atoms with Crippen molar-refractivity contribution in [2.75, 3.05) is 17.3 Å². The lowest BCUT2D eigenvalue weighted by molar-refractivity contribution is 0.00851. The second-order valence-corrected chi connectivity index (χ2v) is 8.19. The Hall–Kier alpha value is -1.50. The van der Waals surface area contributed by atoms with Crippen LogP contribution in [0, 0.1) is 12.3 Å². The molecule has 25 heavy (non-hydrogen) atoms. The molecule has 0 amide bonds. The first-order valence-corrected chi connectivity index (χ1v) is 9.10. The fourth-order valence-electron chi connectivity index (χ4n) is 2.98. The molecule has 0 saturated heterocycles. The van der Waals surface area contributed by atoms with Crippen molar-refractivity contribution in [3.8, 4) is 0 Å². The number of nitrogens with zero attached hydrogens (tertiary/aromatic N) is 2. The van der Waals surface area contributed by atoms with Gasteiger partial charge in [0.15, 0.2) is 0 Å². The number of anilines is 2. The Kier molecular flexibility index (Phi) is 6.19. The second kappa shape index (κ2) is 7.81. The van der Waals surface area contributed by atoms with E-state index in [-0.39, 0.29) is 24.3 Å². The van der Waals surface area contributed by atoms with Gasteiger partial charge in [-0.3, -0.25) is 5.43 Å². The molecular formula is C18H31F2N5. The lowest BCUT2D eigenvalue weighted by atomic mass is 9.98. The van der Waals surface area contributed by atoms with Gasteiger partial charge in [0, 0.05) is 36.7 Å². The van der Waals surface area contributed by atoms with Crippen LogP contribution in [0.25, 0.3) is 0 Å². The molecule has 2 rings (SSSR count). The van der Waals surface area contributed by atoms with Gasteiger partial charge in [0.05, 0.1) is 0 Å². The number of halogens is 2. The van der Waals surface area contributed by atoms with Crippen LogP contribution >= 0.6 is 0 Å². The van der Waals surface area contributed by atoms with Crippen molar-refractivity contribution in [2.45, 2.75) is 78.7 Å². The van der Waals surface area contributed by atoms with E-state index in [0.717, 1.165) is 30.6 Å². The zero-order chi connectivity index (χ0) is 18.7.